The van der Waals surface area contributed by atoms with E-state index in [0.717, 1.165) is 0 Å². The summed E-state index contributed by atoms with van der Waals surface area (Å²) in [6.45, 7) is 2.70. The maximum Gasteiger partial charge on any atom is 0.260 e. The molecule has 0 aromatic heterocycles. The Morgan fingerprint density at radius 2 is 1.86 bits per heavy atom. The first-order valence-electron chi connectivity index (χ1n) is 9.20. The van der Waals surface area contributed by atoms with Crippen LogP contribution in [0.5, 0.6) is 5.75 Å². The van der Waals surface area contributed by atoms with E-state index < -0.39 is 11.9 Å². The topological polar surface area (TPSA) is 58.6 Å². The number of hydrogen-bond donors (Lipinski definition) is 1. The van der Waals surface area contributed by atoms with Gasteiger partial charge in [-0.15, -0.1) is 0 Å². The van der Waals surface area contributed by atoms with Gasteiger partial charge in [-0.1, -0.05) is 17.7 Å². The Hall–Kier alpha value is -2.60. The van der Waals surface area contributed by atoms with Gasteiger partial charge in [-0.3, -0.25) is 9.59 Å². The van der Waals surface area contributed by atoms with Gasteiger partial charge in [0.15, 0.2) is 6.10 Å². The number of amides is 2. The SMILES string of the molecule is CC(Oc1ccc(Cl)cc1)C(=O)NC1CCN(C(=O)c2cccc(F)c2)CC1. The number of nitrogens with one attached hydrogen (secondary N) is 1. The summed E-state index contributed by atoms with van der Waals surface area (Å²) < 4.78 is 18.9. The first-order chi connectivity index (χ1) is 13.4. The highest BCUT2D eigenvalue weighted by Crippen LogP contribution is 2.18. The van der Waals surface area contributed by atoms with E-state index in [1.165, 1.54) is 18.2 Å². The highest BCUT2D eigenvalue weighted by molar-refractivity contribution is 6.30. The molecule has 1 heterocycles. The number of piperidine rings is 1. The van der Waals surface area contributed by atoms with Gasteiger partial charge in [0.2, 0.25) is 0 Å². The van der Waals surface area contributed by atoms with Crippen LogP contribution in [-0.2, 0) is 4.79 Å². The molecular weight excluding hydrogens is 383 g/mol. The molecule has 1 atom stereocenters. The lowest BCUT2D eigenvalue weighted by molar-refractivity contribution is -0.128. The van der Waals surface area contributed by atoms with Crippen LogP contribution in [-0.4, -0.2) is 41.9 Å². The van der Waals surface area contributed by atoms with Crippen molar-refractivity contribution in [2.45, 2.75) is 31.9 Å². The molecule has 3 rings (SSSR count). The predicted octanol–water partition coefficient (Wildman–Crippen LogP) is 3.67. The van der Waals surface area contributed by atoms with E-state index >= 15 is 0 Å². The second kappa shape index (κ2) is 9.06. The Bertz CT molecular complexity index is 836. The molecule has 0 bridgehead atoms. The lowest BCUT2D eigenvalue weighted by atomic mass is 10.0. The lowest BCUT2D eigenvalue weighted by Gasteiger charge is -2.33. The average molecular weight is 405 g/mol. The zero-order chi connectivity index (χ0) is 20.1. The molecule has 0 spiro atoms. The van der Waals surface area contributed by atoms with E-state index in [0.29, 0.717) is 42.3 Å². The summed E-state index contributed by atoms with van der Waals surface area (Å²) in [4.78, 5) is 26.5. The first kappa shape index (κ1) is 20.1. The van der Waals surface area contributed by atoms with Gasteiger partial charge >= 0.3 is 0 Å². The predicted molar refractivity (Wildman–Crippen MR) is 105 cm³/mol. The van der Waals surface area contributed by atoms with Crippen LogP contribution in [0.15, 0.2) is 48.5 Å². The van der Waals surface area contributed by atoms with Crippen molar-refractivity contribution in [1.29, 1.82) is 0 Å². The summed E-state index contributed by atoms with van der Waals surface area (Å²) in [6, 6.07) is 12.5. The Labute approximate surface area is 168 Å². The molecule has 0 saturated carbocycles. The van der Waals surface area contributed by atoms with Gasteiger partial charge < -0.3 is 15.0 Å². The highest BCUT2D eigenvalue weighted by Gasteiger charge is 2.26. The van der Waals surface area contributed by atoms with Crippen LogP contribution in [0.3, 0.4) is 0 Å². The molecule has 5 nitrogen and oxygen atoms in total. The second-order valence-electron chi connectivity index (χ2n) is 6.80. The van der Waals surface area contributed by atoms with Gasteiger partial charge in [-0.05, 0) is 62.2 Å². The summed E-state index contributed by atoms with van der Waals surface area (Å²) in [5.74, 6) is -0.251. The van der Waals surface area contributed by atoms with Gasteiger partial charge in [0, 0.05) is 29.7 Å². The van der Waals surface area contributed by atoms with Crippen molar-refractivity contribution in [2.24, 2.45) is 0 Å². The van der Waals surface area contributed by atoms with Crippen LogP contribution < -0.4 is 10.1 Å². The van der Waals surface area contributed by atoms with Crippen LogP contribution in [0, 0.1) is 5.82 Å². The summed E-state index contributed by atoms with van der Waals surface area (Å²) in [6.07, 6.45) is 0.633. The van der Waals surface area contributed by atoms with E-state index in [1.807, 2.05) is 0 Å². The van der Waals surface area contributed by atoms with Gasteiger partial charge in [0.25, 0.3) is 11.8 Å². The summed E-state index contributed by atoms with van der Waals surface area (Å²) >= 11 is 5.84. The molecule has 0 aliphatic carbocycles. The van der Waals surface area contributed by atoms with Crippen molar-refractivity contribution in [1.82, 2.24) is 10.2 Å². The zero-order valence-corrected chi connectivity index (χ0v) is 16.3. The molecule has 1 fully saturated rings. The van der Waals surface area contributed by atoms with Crippen LogP contribution >= 0.6 is 11.6 Å². The van der Waals surface area contributed by atoms with Crippen LogP contribution in [0.2, 0.25) is 5.02 Å². The maximum absolute atomic E-state index is 13.3. The quantitative estimate of drug-likeness (QED) is 0.827. The van der Waals surface area contributed by atoms with Crippen LogP contribution in [0.4, 0.5) is 4.39 Å². The second-order valence-corrected chi connectivity index (χ2v) is 7.24. The van der Waals surface area contributed by atoms with Gasteiger partial charge in [-0.2, -0.15) is 0 Å². The molecule has 1 saturated heterocycles. The van der Waals surface area contributed by atoms with E-state index in [9.17, 15) is 14.0 Å². The molecular formula is C21H22ClFN2O3. The van der Waals surface area contributed by atoms with E-state index in [4.69, 9.17) is 16.3 Å². The molecule has 1 unspecified atom stereocenters. The van der Waals surface area contributed by atoms with Crippen molar-refractivity contribution < 1.29 is 18.7 Å². The van der Waals surface area contributed by atoms with Gasteiger partial charge in [0.05, 0.1) is 0 Å². The van der Waals surface area contributed by atoms with E-state index in [2.05, 4.69) is 5.32 Å². The number of benzene rings is 2. The number of hydrogen-bond acceptors (Lipinski definition) is 3. The van der Waals surface area contributed by atoms with Crippen molar-refractivity contribution in [3.63, 3.8) is 0 Å². The molecule has 0 radical (unpaired) electrons. The minimum Gasteiger partial charge on any atom is -0.481 e. The van der Waals surface area contributed by atoms with E-state index in [1.54, 1.807) is 42.2 Å². The zero-order valence-electron chi connectivity index (χ0n) is 15.5. The van der Waals surface area contributed by atoms with Crippen molar-refractivity contribution in [3.05, 3.63) is 64.9 Å². The molecule has 7 heteroatoms. The number of carbonyl (C=O) groups excluding carboxylic acids is 2. The molecule has 2 amide bonds. The summed E-state index contributed by atoms with van der Waals surface area (Å²) in [5, 5.41) is 3.57. The number of nitrogens with zero attached hydrogens (tertiary/aromatic N) is 1. The number of halogens is 2. The summed E-state index contributed by atoms with van der Waals surface area (Å²) in [5.41, 5.74) is 0.340. The van der Waals surface area contributed by atoms with Gasteiger partial charge in [-0.25, -0.2) is 4.39 Å². The maximum atomic E-state index is 13.3. The minimum absolute atomic E-state index is 0.0275. The molecule has 2 aromatic carbocycles. The molecule has 1 aliphatic heterocycles. The monoisotopic (exact) mass is 404 g/mol. The standard InChI is InChI=1S/C21H22ClFN2O3/c1-14(28-19-7-5-16(22)6-8-19)20(26)24-18-9-11-25(12-10-18)21(27)15-3-2-4-17(23)13-15/h2-8,13-14,18H,9-12H2,1H3,(H,24,26). The third-order valence-electron chi connectivity index (χ3n) is 4.70. The third kappa shape index (κ3) is 5.23. The lowest BCUT2D eigenvalue weighted by Crippen LogP contribution is -2.49. The average Bonchev–Trinajstić information content (AvgIpc) is 2.69. The first-order valence-corrected chi connectivity index (χ1v) is 9.57. The van der Waals surface area contributed by atoms with Crippen molar-refractivity contribution in [2.75, 3.05) is 13.1 Å². The highest BCUT2D eigenvalue weighted by atomic mass is 35.5. The van der Waals surface area contributed by atoms with Crippen molar-refractivity contribution in [3.8, 4) is 5.75 Å². The molecule has 148 valence electrons. The minimum atomic E-state index is -0.645. The van der Waals surface area contributed by atoms with Crippen LogP contribution in [0.1, 0.15) is 30.1 Å². The van der Waals surface area contributed by atoms with Crippen molar-refractivity contribution >= 4 is 23.4 Å². The number of carbonyl (C=O) groups is 2. The Balaban J connectivity index is 1.47. The number of likely N-dealkylation sites (tertiary alicyclic amines) is 1. The Morgan fingerprint density at radius 1 is 1.18 bits per heavy atom. The Morgan fingerprint density at radius 3 is 2.50 bits per heavy atom. The van der Waals surface area contributed by atoms with Crippen LogP contribution in [0.25, 0.3) is 0 Å². The Kier molecular flexibility index (Phi) is 6.52. The fourth-order valence-electron chi connectivity index (χ4n) is 3.12. The number of rotatable bonds is 5. The third-order valence-corrected chi connectivity index (χ3v) is 4.95. The number of ether oxygens (including phenoxy) is 1. The molecule has 2 aromatic rings. The summed E-state index contributed by atoms with van der Waals surface area (Å²) in [7, 11) is 0. The molecule has 1 aliphatic rings. The van der Waals surface area contributed by atoms with Gasteiger partial charge in [0.1, 0.15) is 11.6 Å². The fraction of sp³-hybridized carbons (Fsp3) is 0.333. The largest absolute Gasteiger partial charge is 0.481 e. The molecule has 1 N–H and O–H groups in total. The fourth-order valence-corrected chi connectivity index (χ4v) is 3.25. The smallest absolute Gasteiger partial charge is 0.260 e. The normalized spacial score (nSPS) is 15.8. The van der Waals surface area contributed by atoms with E-state index in [-0.39, 0.29) is 17.9 Å². The molecule has 28 heavy (non-hydrogen) atoms.